The van der Waals surface area contributed by atoms with Gasteiger partial charge in [-0.15, -0.1) is 0 Å². The summed E-state index contributed by atoms with van der Waals surface area (Å²) in [6.45, 7) is 6.42. The molecule has 1 aliphatic heterocycles. The van der Waals surface area contributed by atoms with E-state index in [2.05, 4.69) is 10.2 Å². The zero-order chi connectivity index (χ0) is 10.3. The molecule has 2 heteroatoms. The van der Waals surface area contributed by atoms with Gasteiger partial charge >= 0.3 is 0 Å². The Morgan fingerprint density at radius 1 is 0.933 bits per heavy atom. The van der Waals surface area contributed by atoms with Gasteiger partial charge in [-0.25, -0.2) is 0 Å². The van der Waals surface area contributed by atoms with Gasteiger partial charge in [0.05, 0.1) is 0 Å². The van der Waals surface area contributed by atoms with Crippen molar-refractivity contribution < 1.29 is 0 Å². The third-order valence-corrected chi connectivity index (χ3v) is 3.96. The van der Waals surface area contributed by atoms with Crippen LogP contribution in [0.4, 0.5) is 0 Å². The van der Waals surface area contributed by atoms with Crippen molar-refractivity contribution in [3.05, 3.63) is 0 Å². The minimum atomic E-state index is 0.984. The molecule has 0 radical (unpaired) electrons. The van der Waals surface area contributed by atoms with Gasteiger partial charge in [0.1, 0.15) is 0 Å². The van der Waals surface area contributed by atoms with E-state index in [0.29, 0.717) is 0 Å². The van der Waals surface area contributed by atoms with Crippen LogP contribution in [0.25, 0.3) is 0 Å². The Morgan fingerprint density at radius 2 is 1.67 bits per heavy atom. The van der Waals surface area contributed by atoms with Crippen molar-refractivity contribution in [1.82, 2.24) is 10.2 Å². The highest BCUT2D eigenvalue weighted by molar-refractivity contribution is 4.70. The van der Waals surface area contributed by atoms with Gasteiger partial charge in [0.25, 0.3) is 0 Å². The Kier molecular flexibility index (Phi) is 4.94. The zero-order valence-corrected chi connectivity index (χ0v) is 10.0. The van der Waals surface area contributed by atoms with Gasteiger partial charge in [0.15, 0.2) is 0 Å². The second-order valence-electron chi connectivity index (χ2n) is 5.26. The lowest BCUT2D eigenvalue weighted by Crippen LogP contribution is -2.33. The molecule has 88 valence electrons. The monoisotopic (exact) mass is 210 g/mol. The number of likely N-dealkylation sites (tertiary alicyclic amines) is 1. The van der Waals surface area contributed by atoms with Crippen LogP contribution in [-0.4, -0.2) is 37.6 Å². The molecule has 0 atom stereocenters. The van der Waals surface area contributed by atoms with E-state index in [9.17, 15) is 0 Å². The summed E-state index contributed by atoms with van der Waals surface area (Å²) in [6.07, 6.45) is 10.2. The van der Waals surface area contributed by atoms with E-state index in [1.54, 1.807) is 0 Å². The molecule has 1 aliphatic carbocycles. The van der Waals surface area contributed by atoms with E-state index in [4.69, 9.17) is 0 Å². The standard InChI is InChI=1S/C13H26N2/c1-2-6-13(7-3-1)12-14-8-11-15-9-4-5-10-15/h13-14H,1-12H2. The van der Waals surface area contributed by atoms with Gasteiger partial charge in [-0.3, -0.25) is 0 Å². The Hall–Kier alpha value is -0.0800. The molecule has 1 saturated heterocycles. The van der Waals surface area contributed by atoms with Gasteiger partial charge in [0.2, 0.25) is 0 Å². The number of hydrogen-bond donors (Lipinski definition) is 1. The lowest BCUT2D eigenvalue weighted by atomic mass is 9.89. The predicted molar refractivity (Wildman–Crippen MR) is 65.1 cm³/mol. The molecule has 0 bridgehead atoms. The first-order valence-electron chi connectivity index (χ1n) is 6.88. The Labute approximate surface area is 94.4 Å². The smallest absolute Gasteiger partial charge is 0.0107 e. The molecule has 1 saturated carbocycles. The number of nitrogens with one attached hydrogen (secondary N) is 1. The van der Waals surface area contributed by atoms with Crippen LogP contribution in [0.3, 0.4) is 0 Å². The Morgan fingerprint density at radius 3 is 2.40 bits per heavy atom. The van der Waals surface area contributed by atoms with Crippen LogP contribution in [0.1, 0.15) is 44.9 Å². The molecule has 1 N–H and O–H groups in total. The summed E-state index contributed by atoms with van der Waals surface area (Å²) in [7, 11) is 0. The molecule has 1 heterocycles. The van der Waals surface area contributed by atoms with Gasteiger partial charge < -0.3 is 10.2 Å². The Bertz CT molecular complexity index is 158. The highest BCUT2D eigenvalue weighted by Crippen LogP contribution is 2.22. The van der Waals surface area contributed by atoms with E-state index >= 15 is 0 Å². The molecule has 2 aliphatic rings. The molecule has 0 spiro atoms. The molecular formula is C13H26N2. The summed E-state index contributed by atoms with van der Waals surface area (Å²) >= 11 is 0. The van der Waals surface area contributed by atoms with E-state index in [1.807, 2.05) is 0 Å². The topological polar surface area (TPSA) is 15.3 Å². The molecule has 0 amide bonds. The number of hydrogen-bond acceptors (Lipinski definition) is 2. The average molecular weight is 210 g/mol. The van der Waals surface area contributed by atoms with Crippen LogP contribution in [0.15, 0.2) is 0 Å². The first-order valence-corrected chi connectivity index (χ1v) is 6.88. The van der Waals surface area contributed by atoms with Gasteiger partial charge in [-0.2, -0.15) is 0 Å². The quantitative estimate of drug-likeness (QED) is 0.700. The maximum absolute atomic E-state index is 3.64. The first-order chi connectivity index (χ1) is 7.45. The molecule has 2 rings (SSSR count). The van der Waals surface area contributed by atoms with Crippen LogP contribution in [0, 0.1) is 5.92 Å². The van der Waals surface area contributed by atoms with E-state index in [1.165, 1.54) is 77.7 Å². The summed E-state index contributed by atoms with van der Waals surface area (Å²) in [5.41, 5.74) is 0. The van der Waals surface area contributed by atoms with Gasteiger partial charge in [0, 0.05) is 13.1 Å². The molecule has 0 aromatic carbocycles. The van der Waals surface area contributed by atoms with Crippen LogP contribution >= 0.6 is 0 Å². The van der Waals surface area contributed by atoms with Crippen molar-refractivity contribution >= 4 is 0 Å². The number of nitrogens with zero attached hydrogens (tertiary/aromatic N) is 1. The molecule has 15 heavy (non-hydrogen) atoms. The number of rotatable bonds is 5. The van der Waals surface area contributed by atoms with Crippen molar-refractivity contribution in [1.29, 1.82) is 0 Å². The van der Waals surface area contributed by atoms with E-state index in [0.717, 1.165) is 5.92 Å². The summed E-state index contributed by atoms with van der Waals surface area (Å²) < 4.78 is 0. The fourth-order valence-corrected chi connectivity index (χ4v) is 2.94. The summed E-state index contributed by atoms with van der Waals surface area (Å²) in [5, 5.41) is 3.64. The summed E-state index contributed by atoms with van der Waals surface area (Å²) in [4.78, 5) is 2.59. The molecular weight excluding hydrogens is 184 g/mol. The molecule has 0 aromatic heterocycles. The lowest BCUT2D eigenvalue weighted by molar-refractivity contribution is 0.310. The highest BCUT2D eigenvalue weighted by atomic mass is 15.1. The minimum Gasteiger partial charge on any atom is -0.315 e. The minimum absolute atomic E-state index is 0.984. The highest BCUT2D eigenvalue weighted by Gasteiger charge is 2.13. The zero-order valence-electron chi connectivity index (χ0n) is 10.0. The van der Waals surface area contributed by atoms with Crippen LogP contribution in [-0.2, 0) is 0 Å². The normalized spacial score (nSPS) is 24.8. The maximum atomic E-state index is 3.64. The van der Waals surface area contributed by atoms with Crippen molar-refractivity contribution in [2.75, 3.05) is 32.7 Å². The van der Waals surface area contributed by atoms with Crippen molar-refractivity contribution in [3.8, 4) is 0 Å². The average Bonchev–Trinajstić information content (AvgIpc) is 2.79. The van der Waals surface area contributed by atoms with Crippen LogP contribution in [0.2, 0.25) is 0 Å². The second kappa shape index (κ2) is 6.49. The fourth-order valence-electron chi connectivity index (χ4n) is 2.94. The van der Waals surface area contributed by atoms with Crippen LogP contribution < -0.4 is 5.32 Å². The third kappa shape index (κ3) is 4.12. The second-order valence-corrected chi connectivity index (χ2v) is 5.26. The van der Waals surface area contributed by atoms with Crippen LogP contribution in [0.5, 0.6) is 0 Å². The Balaban J connectivity index is 1.47. The van der Waals surface area contributed by atoms with Crippen molar-refractivity contribution in [2.45, 2.75) is 44.9 Å². The summed E-state index contributed by atoms with van der Waals surface area (Å²) in [5.74, 6) is 0.984. The van der Waals surface area contributed by atoms with E-state index < -0.39 is 0 Å². The molecule has 0 unspecified atom stereocenters. The maximum Gasteiger partial charge on any atom is 0.0107 e. The van der Waals surface area contributed by atoms with E-state index in [-0.39, 0.29) is 0 Å². The SMILES string of the molecule is C1CCC(CNCCN2CCCC2)CC1. The summed E-state index contributed by atoms with van der Waals surface area (Å²) in [6, 6.07) is 0. The van der Waals surface area contributed by atoms with Crippen molar-refractivity contribution in [2.24, 2.45) is 5.92 Å². The fraction of sp³-hybridized carbons (Fsp3) is 1.00. The predicted octanol–water partition coefficient (Wildman–Crippen LogP) is 2.25. The van der Waals surface area contributed by atoms with Gasteiger partial charge in [-0.1, -0.05) is 19.3 Å². The third-order valence-electron chi connectivity index (χ3n) is 3.96. The molecule has 0 aromatic rings. The molecule has 2 nitrogen and oxygen atoms in total. The van der Waals surface area contributed by atoms with Crippen molar-refractivity contribution in [3.63, 3.8) is 0 Å². The lowest BCUT2D eigenvalue weighted by Gasteiger charge is -2.22. The largest absolute Gasteiger partial charge is 0.315 e. The molecule has 2 fully saturated rings. The first kappa shape index (κ1) is 11.4. The van der Waals surface area contributed by atoms with Gasteiger partial charge in [-0.05, 0) is 51.2 Å².